The Balaban J connectivity index is 2.24. The lowest BCUT2D eigenvalue weighted by molar-refractivity contribution is 0.748. The average molecular weight is 288 g/mol. The number of para-hydroxylation sites is 1. The molecule has 2 rings (SSSR count). The van der Waals surface area contributed by atoms with Crippen LogP contribution in [-0.2, 0) is 6.42 Å². The van der Waals surface area contributed by atoms with E-state index in [2.05, 4.69) is 56.4 Å². The summed E-state index contributed by atoms with van der Waals surface area (Å²) >= 11 is 6.30. The summed E-state index contributed by atoms with van der Waals surface area (Å²) in [5.41, 5.74) is 4.91. The largest absolute Gasteiger partial charge is 0.377 e. The van der Waals surface area contributed by atoms with Gasteiger partial charge in [0.1, 0.15) is 0 Å². The molecule has 2 heteroatoms. The molecule has 0 saturated heterocycles. The molecule has 1 N–H and O–H groups in total. The Morgan fingerprint density at radius 2 is 1.75 bits per heavy atom. The van der Waals surface area contributed by atoms with E-state index in [4.69, 9.17) is 11.6 Å². The third kappa shape index (κ3) is 3.34. The molecule has 20 heavy (non-hydrogen) atoms. The van der Waals surface area contributed by atoms with Gasteiger partial charge in [-0.25, -0.2) is 0 Å². The number of nitrogens with one attached hydrogen (secondary N) is 1. The molecule has 0 heterocycles. The molecular formula is C18H22ClN. The first-order chi connectivity index (χ1) is 9.65. The minimum Gasteiger partial charge on any atom is -0.377 e. The molecule has 0 bridgehead atoms. The van der Waals surface area contributed by atoms with E-state index in [1.807, 2.05) is 12.1 Å². The SMILES string of the molecule is CCc1ccc(C(CC)Nc2c(C)cccc2Cl)cc1. The van der Waals surface area contributed by atoms with Crippen LogP contribution in [0.5, 0.6) is 0 Å². The van der Waals surface area contributed by atoms with Crippen molar-refractivity contribution in [1.82, 2.24) is 0 Å². The number of aryl methyl sites for hydroxylation is 2. The Morgan fingerprint density at radius 3 is 2.30 bits per heavy atom. The third-order valence-electron chi connectivity index (χ3n) is 3.74. The lowest BCUT2D eigenvalue weighted by atomic mass is 10.0. The van der Waals surface area contributed by atoms with Gasteiger partial charge in [0, 0.05) is 0 Å². The van der Waals surface area contributed by atoms with Crippen LogP contribution in [0.2, 0.25) is 5.02 Å². The summed E-state index contributed by atoms with van der Waals surface area (Å²) in [6.45, 7) is 6.45. The zero-order valence-corrected chi connectivity index (χ0v) is 13.2. The molecule has 2 aromatic carbocycles. The molecule has 1 nitrogen and oxygen atoms in total. The van der Waals surface area contributed by atoms with E-state index >= 15 is 0 Å². The smallest absolute Gasteiger partial charge is 0.0640 e. The normalized spacial score (nSPS) is 12.2. The van der Waals surface area contributed by atoms with Crippen molar-refractivity contribution in [2.24, 2.45) is 0 Å². The maximum Gasteiger partial charge on any atom is 0.0640 e. The van der Waals surface area contributed by atoms with Gasteiger partial charge < -0.3 is 5.32 Å². The molecule has 0 fully saturated rings. The summed E-state index contributed by atoms with van der Waals surface area (Å²) in [6, 6.07) is 15.1. The Hall–Kier alpha value is -1.47. The summed E-state index contributed by atoms with van der Waals surface area (Å²) in [6.07, 6.45) is 2.10. The molecule has 0 radical (unpaired) electrons. The van der Waals surface area contributed by atoms with Gasteiger partial charge in [-0.1, -0.05) is 61.8 Å². The van der Waals surface area contributed by atoms with Gasteiger partial charge in [0.2, 0.25) is 0 Å². The molecule has 1 unspecified atom stereocenters. The first-order valence-corrected chi connectivity index (χ1v) is 7.64. The molecule has 0 saturated carbocycles. The van der Waals surface area contributed by atoms with Crippen molar-refractivity contribution in [3.05, 3.63) is 64.2 Å². The Kier molecular flexibility index (Phi) is 5.08. The predicted octanol–water partition coefficient (Wildman–Crippen LogP) is 5.77. The van der Waals surface area contributed by atoms with Crippen LogP contribution in [-0.4, -0.2) is 0 Å². The van der Waals surface area contributed by atoms with E-state index in [0.29, 0.717) is 6.04 Å². The van der Waals surface area contributed by atoms with Gasteiger partial charge in [-0.15, -0.1) is 0 Å². The minimum absolute atomic E-state index is 0.291. The quantitative estimate of drug-likeness (QED) is 0.735. The van der Waals surface area contributed by atoms with Crippen LogP contribution < -0.4 is 5.32 Å². The topological polar surface area (TPSA) is 12.0 Å². The maximum absolute atomic E-state index is 6.30. The average Bonchev–Trinajstić information content (AvgIpc) is 2.47. The molecule has 0 aromatic heterocycles. The molecule has 0 aliphatic heterocycles. The Labute approximate surface area is 127 Å². The highest BCUT2D eigenvalue weighted by Gasteiger charge is 2.12. The predicted molar refractivity (Wildman–Crippen MR) is 88.7 cm³/mol. The van der Waals surface area contributed by atoms with E-state index in [0.717, 1.165) is 23.6 Å². The van der Waals surface area contributed by atoms with Crippen molar-refractivity contribution < 1.29 is 0 Å². The fraction of sp³-hybridized carbons (Fsp3) is 0.333. The van der Waals surface area contributed by atoms with E-state index in [1.165, 1.54) is 16.7 Å². The number of rotatable bonds is 5. The first kappa shape index (κ1) is 14.9. The number of halogens is 1. The Morgan fingerprint density at radius 1 is 1.05 bits per heavy atom. The first-order valence-electron chi connectivity index (χ1n) is 7.26. The van der Waals surface area contributed by atoms with Crippen molar-refractivity contribution in [2.75, 3.05) is 5.32 Å². The zero-order valence-electron chi connectivity index (χ0n) is 12.4. The highest BCUT2D eigenvalue weighted by atomic mass is 35.5. The van der Waals surface area contributed by atoms with Crippen LogP contribution in [0.4, 0.5) is 5.69 Å². The lowest BCUT2D eigenvalue weighted by Crippen LogP contribution is -2.11. The van der Waals surface area contributed by atoms with E-state index in [9.17, 15) is 0 Å². The van der Waals surface area contributed by atoms with Crippen LogP contribution in [0.3, 0.4) is 0 Å². The summed E-state index contributed by atoms with van der Waals surface area (Å²) in [5.74, 6) is 0. The van der Waals surface area contributed by atoms with Gasteiger partial charge in [0.05, 0.1) is 16.8 Å². The summed E-state index contributed by atoms with van der Waals surface area (Å²) in [4.78, 5) is 0. The maximum atomic E-state index is 6.30. The van der Waals surface area contributed by atoms with Gasteiger partial charge in [-0.2, -0.15) is 0 Å². The van der Waals surface area contributed by atoms with E-state index in [-0.39, 0.29) is 0 Å². The van der Waals surface area contributed by atoms with Crippen LogP contribution in [0.25, 0.3) is 0 Å². The summed E-state index contributed by atoms with van der Waals surface area (Å²) < 4.78 is 0. The molecule has 1 atom stereocenters. The molecule has 0 aliphatic carbocycles. The number of hydrogen-bond donors (Lipinski definition) is 1. The van der Waals surface area contributed by atoms with Crippen LogP contribution >= 0.6 is 11.6 Å². The Bertz CT molecular complexity index is 540. The minimum atomic E-state index is 0.291. The molecule has 0 aliphatic rings. The van der Waals surface area contributed by atoms with Crippen molar-refractivity contribution in [2.45, 2.75) is 39.7 Å². The molecule has 106 valence electrons. The number of hydrogen-bond acceptors (Lipinski definition) is 1. The monoisotopic (exact) mass is 287 g/mol. The second-order valence-corrected chi connectivity index (χ2v) is 5.54. The zero-order chi connectivity index (χ0) is 14.5. The lowest BCUT2D eigenvalue weighted by Gasteiger charge is -2.21. The van der Waals surface area contributed by atoms with Gasteiger partial charge in [0.25, 0.3) is 0 Å². The van der Waals surface area contributed by atoms with Crippen molar-refractivity contribution in [3.63, 3.8) is 0 Å². The molecule has 2 aromatic rings. The fourth-order valence-corrected chi connectivity index (χ4v) is 2.67. The molecule has 0 amide bonds. The highest BCUT2D eigenvalue weighted by molar-refractivity contribution is 6.33. The van der Waals surface area contributed by atoms with Crippen LogP contribution in [0, 0.1) is 6.92 Å². The second kappa shape index (κ2) is 6.81. The van der Waals surface area contributed by atoms with Crippen LogP contribution in [0.1, 0.15) is 43.0 Å². The van der Waals surface area contributed by atoms with Gasteiger partial charge >= 0.3 is 0 Å². The van der Waals surface area contributed by atoms with Crippen molar-refractivity contribution in [1.29, 1.82) is 0 Å². The summed E-state index contributed by atoms with van der Waals surface area (Å²) in [7, 11) is 0. The van der Waals surface area contributed by atoms with E-state index in [1.54, 1.807) is 0 Å². The fourth-order valence-electron chi connectivity index (χ4n) is 2.40. The van der Waals surface area contributed by atoms with Gasteiger partial charge in [-0.3, -0.25) is 0 Å². The third-order valence-corrected chi connectivity index (χ3v) is 4.05. The highest BCUT2D eigenvalue weighted by Crippen LogP contribution is 2.30. The summed E-state index contributed by atoms with van der Waals surface area (Å²) in [5, 5.41) is 4.37. The van der Waals surface area contributed by atoms with Gasteiger partial charge in [0.15, 0.2) is 0 Å². The second-order valence-electron chi connectivity index (χ2n) is 5.13. The van der Waals surface area contributed by atoms with Crippen molar-refractivity contribution in [3.8, 4) is 0 Å². The molecular weight excluding hydrogens is 266 g/mol. The number of benzene rings is 2. The van der Waals surface area contributed by atoms with Crippen molar-refractivity contribution >= 4 is 17.3 Å². The standard InChI is InChI=1S/C18H22ClN/c1-4-14-9-11-15(12-10-14)17(5-2)20-18-13(3)7-6-8-16(18)19/h6-12,17,20H,4-5H2,1-3H3. The number of anilines is 1. The van der Waals surface area contributed by atoms with Gasteiger partial charge in [-0.05, 0) is 42.5 Å². The van der Waals surface area contributed by atoms with E-state index < -0.39 is 0 Å². The van der Waals surface area contributed by atoms with Crippen LogP contribution in [0.15, 0.2) is 42.5 Å². The molecule has 0 spiro atoms.